The predicted octanol–water partition coefficient (Wildman–Crippen LogP) is 0.368. The highest BCUT2D eigenvalue weighted by Gasteiger charge is 2.32. The van der Waals surface area contributed by atoms with Gasteiger partial charge >= 0.3 is 5.97 Å². The van der Waals surface area contributed by atoms with Crippen LogP contribution in [0, 0.1) is 5.92 Å². The van der Waals surface area contributed by atoms with E-state index in [1.807, 2.05) is 0 Å². The maximum Gasteiger partial charge on any atom is 0.307 e. The Labute approximate surface area is 77.6 Å². The van der Waals surface area contributed by atoms with Gasteiger partial charge in [0, 0.05) is 6.42 Å². The van der Waals surface area contributed by atoms with Gasteiger partial charge in [0.25, 0.3) is 0 Å². The highest BCUT2D eigenvalue weighted by atomic mass is 32.1. The maximum absolute atomic E-state index is 11.3. The smallest absolute Gasteiger partial charge is 0.307 e. The van der Waals surface area contributed by atoms with E-state index in [0.29, 0.717) is 17.0 Å². The van der Waals surface area contributed by atoms with E-state index in [1.165, 1.54) is 0 Å². The first kappa shape index (κ1) is 8.31. The van der Waals surface area contributed by atoms with Gasteiger partial charge in [0.05, 0.1) is 10.8 Å². The number of carbonyl (C=O) groups is 2. The van der Waals surface area contributed by atoms with Crippen LogP contribution in [0.4, 0.5) is 0 Å². The van der Waals surface area contributed by atoms with Gasteiger partial charge in [0.15, 0.2) is 5.78 Å². The molecule has 1 atom stereocenters. The number of hydrogen-bond donors (Lipinski definition) is 1. The van der Waals surface area contributed by atoms with Gasteiger partial charge < -0.3 is 5.11 Å². The lowest BCUT2D eigenvalue weighted by molar-refractivity contribution is -0.141. The SMILES string of the molecule is O=C1CC(C(=O)O)Cc2snnc21. The van der Waals surface area contributed by atoms with E-state index in [9.17, 15) is 9.59 Å². The van der Waals surface area contributed by atoms with Gasteiger partial charge in [0.2, 0.25) is 0 Å². The largest absolute Gasteiger partial charge is 0.481 e. The van der Waals surface area contributed by atoms with Crippen molar-refractivity contribution in [3.05, 3.63) is 10.6 Å². The minimum absolute atomic E-state index is 0.0494. The van der Waals surface area contributed by atoms with Crippen LogP contribution < -0.4 is 0 Å². The average Bonchev–Trinajstić information content (AvgIpc) is 2.51. The van der Waals surface area contributed by atoms with Crippen LogP contribution in [0.15, 0.2) is 0 Å². The number of hydrogen-bond acceptors (Lipinski definition) is 5. The first-order chi connectivity index (χ1) is 6.18. The van der Waals surface area contributed by atoms with Gasteiger partial charge in [-0.15, -0.1) is 5.10 Å². The van der Waals surface area contributed by atoms with Crippen LogP contribution in [0.2, 0.25) is 0 Å². The molecule has 1 aromatic rings. The molecule has 68 valence electrons. The molecule has 1 N–H and O–H groups in total. The number of rotatable bonds is 1. The topological polar surface area (TPSA) is 80.2 Å². The van der Waals surface area contributed by atoms with E-state index in [-0.39, 0.29) is 12.2 Å². The van der Waals surface area contributed by atoms with Crippen molar-refractivity contribution in [2.75, 3.05) is 0 Å². The molecule has 0 spiro atoms. The summed E-state index contributed by atoms with van der Waals surface area (Å²) in [7, 11) is 0. The number of carboxylic acid groups (broad SMARTS) is 1. The number of nitrogens with zero attached hydrogens (tertiary/aromatic N) is 2. The minimum atomic E-state index is -0.924. The third-order valence-electron chi connectivity index (χ3n) is 2.03. The zero-order valence-electron chi connectivity index (χ0n) is 6.56. The standard InChI is InChI=1S/C7H6N2O3S/c10-4-1-3(7(11)12)2-5-6(4)8-9-13-5/h3H,1-2H2,(H,11,12). The Hall–Kier alpha value is -1.30. The van der Waals surface area contributed by atoms with Crippen molar-refractivity contribution >= 4 is 23.3 Å². The Morgan fingerprint density at radius 2 is 2.31 bits per heavy atom. The summed E-state index contributed by atoms with van der Waals surface area (Å²) in [5.41, 5.74) is 0.363. The molecule has 1 unspecified atom stereocenters. The molecular weight excluding hydrogens is 192 g/mol. The Kier molecular flexibility index (Phi) is 1.84. The highest BCUT2D eigenvalue weighted by molar-refractivity contribution is 7.05. The second kappa shape index (κ2) is 2.88. The average molecular weight is 198 g/mol. The Morgan fingerprint density at radius 3 is 3.00 bits per heavy atom. The summed E-state index contributed by atoms with van der Waals surface area (Å²) in [6.07, 6.45) is 0.432. The van der Waals surface area contributed by atoms with Crippen LogP contribution in [0.1, 0.15) is 21.8 Å². The molecule has 0 fully saturated rings. The number of carbonyl (C=O) groups excluding carboxylic acids is 1. The van der Waals surface area contributed by atoms with Gasteiger partial charge in [-0.1, -0.05) is 4.49 Å². The molecule has 1 heterocycles. The fourth-order valence-corrected chi connectivity index (χ4v) is 2.08. The third kappa shape index (κ3) is 1.33. The van der Waals surface area contributed by atoms with Crippen LogP contribution >= 0.6 is 11.5 Å². The molecule has 2 rings (SSSR count). The molecule has 0 saturated carbocycles. The van der Waals surface area contributed by atoms with E-state index in [4.69, 9.17) is 5.11 Å². The zero-order chi connectivity index (χ0) is 9.42. The van der Waals surface area contributed by atoms with Crippen molar-refractivity contribution < 1.29 is 14.7 Å². The number of Topliss-reactive ketones (excluding diaryl/α,β-unsaturated/α-hetero) is 1. The molecule has 1 aliphatic rings. The Bertz CT molecular complexity index is 374. The molecule has 0 bridgehead atoms. The lowest BCUT2D eigenvalue weighted by Crippen LogP contribution is -2.25. The number of fused-ring (bicyclic) bond motifs is 1. The third-order valence-corrected chi connectivity index (χ3v) is 2.78. The molecule has 0 aromatic carbocycles. The fourth-order valence-electron chi connectivity index (χ4n) is 1.35. The fraction of sp³-hybridized carbons (Fsp3) is 0.429. The first-order valence-electron chi connectivity index (χ1n) is 3.75. The van der Waals surface area contributed by atoms with E-state index in [0.717, 1.165) is 11.5 Å². The molecule has 0 amide bonds. The summed E-state index contributed by atoms with van der Waals surface area (Å²) < 4.78 is 3.63. The van der Waals surface area contributed by atoms with Crippen molar-refractivity contribution in [3.8, 4) is 0 Å². The lowest BCUT2D eigenvalue weighted by Gasteiger charge is -2.14. The second-order valence-corrected chi connectivity index (χ2v) is 3.75. The molecule has 0 saturated heterocycles. The quantitative estimate of drug-likeness (QED) is 0.705. The maximum atomic E-state index is 11.3. The molecule has 13 heavy (non-hydrogen) atoms. The van der Waals surface area contributed by atoms with Crippen molar-refractivity contribution in [2.24, 2.45) is 5.92 Å². The van der Waals surface area contributed by atoms with E-state index >= 15 is 0 Å². The molecule has 1 aliphatic carbocycles. The highest BCUT2D eigenvalue weighted by Crippen LogP contribution is 2.26. The van der Waals surface area contributed by atoms with Crippen molar-refractivity contribution in [3.63, 3.8) is 0 Å². The van der Waals surface area contributed by atoms with Crippen LogP contribution in [0.5, 0.6) is 0 Å². The van der Waals surface area contributed by atoms with E-state index in [1.54, 1.807) is 0 Å². The van der Waals surface area contributed by atoms with Crippen LogP contribution in [0.25, 0.3) is 0 Å². The van der Waals surface area contributed by atoms with Crippen molar-refractivity contribution in [1.82, 2.24) is 9.59 Å². The van der Waals surface area contributed by atoms with Gasteiger partial charge in [-0.3, -0.25) is 9.59 Å². The minimum Gasteiger partial charge on any atom is -0.481 e. The summed E-state index contributed by atoms with van der Waals surface area (Å²) in [5, 5.41) is 12.4. The molecule has 6 heteroatoms. The molecule has 0 aliphatic heterocycles. The number of aromatic nitrogens is 2. The Morgan fingerprint density at radius 1 is 1.54 bits per heavy atom. The molecule has 0 radical (unpaired) electrons. The Balaban J connectivity index is 2.34. The van der Waals surface area contributed by atoms with Gasteiger partial charge in [-0.25, -0.2) is 0 Å². The van der Waals surface area contributed by atoms with E-state index in [2.05, 4.69) is 9.59 Å². The molecule has 1 aromatic heterocycles. The van der Waals surface area contributed by atoms with Gasteiger partial charge in [-0.2, -0.15) is 0 Å². The van der Waals surface area contributed by atoms with Crippen LogP contribution in [0.3, 0.4) is 0 Å². The summed E-state index contributed by atoms with van der Waals surface area (Å²) in [4.78, 5) is 22.6. The van der Waals surface area contributed by atoms with Crippen molar-refractivity contribution in [2.45, 2.75) is 12.8 Å². The second-order valence-electron chi connectivity index (χ2n) is 2.91. The monoisotopic (exact) mass is 198 g/mol. The molecular formula is C7H6N2O3S. The summed E-state index contributed by atoms with van der Waals surface area (Å²) >= 11 is 1.10. The van der Waals surface area contributed by atoms with Crippen molar-refractivity contribution in [1.29, 1.82) is 0 Å². The van der Waals surface area contributed by atoms with Gasteiger partial charge in [0.1, 0.15) is 5.69 Å². The number of carboxylic acids is 1. The molecule has 5 nitrogen and oxygen atoms in total. The zero-order valence-corrected chi connectivity index (χ0v) is 7.37. The lowest BCUT2D eigenvalue weighted by atomic mass is 9.90. The van der Waals surface area contributed by atoms with Gasteiger partial charge in [-0.05, 0) is 18.0 Å². The first-order valence-corrected chi connectivity index (χ1v) is 4.53. The normalized spacial score (nSPS) is 21.2. The summed E-state index contributed by atoms with van der Waals surface area (Å²) in [6, 6.07) is 0. The predicted molar refractivity (Wildman–Crippen MR) is 43.7 cm³/mol. The van der Waals surface area contributed by atoms with Crippen LogP contribution in [-0.4, -0.2) is 26.4 Å². The van der Waals surface area contributed by atoms with E-state index < -0.39 is 11.9 Å². The summed E-state index contributed by atoms with van der Waals surface area (Å²) in [5.74, 6) is -1.72. The number of ketones is 1. The van der Waals surface area contributed by atoms with Crippen LogP contribution in [-0.2, 0) is 11.2 Å². The summed E-state index contributed by atoms with van der Waals surface area (Å²) in [6.45, 7) is 0. The number of aliphatic carboxylic acids is 1.